The van der Waals surface area contributed by atoms with Crippen molar-refractivity contribution in [2.45, 2.75) is 0 Å². The second-order valence-corrected chi connectivity index (χ2v) is 13.0. The third-order valence-corrected chi connectivity index (χ3v) is 10.1. The summed E-state index contributed by atoms with van der Waals surface area (Å²) < 4.78 is 13.0. The van der Waals surface area contributed by atoms with Gasteiger partial charge in [0.1, 0.15) is 11.2 Å². The molecule has 0 aliphatic carbocycles. The molecule has 2 nitrogen and oxygen atoms in total. The lowest BCUT2D eigenvalue weighted by Crippen LogP contribution is -1.92. The highest BCUT2D eigenvalue weighted by Crippen LogP contribution is 2.45. The summed E-state index contributed by atoms with van der Waals surface area (Å²) in [5, 5.41) is 11.4. The van der Waals surface area contributed by atoms with Crippen LogP contribution in [0.2, 0.25) is 0 Å². The molecule has 0 N–H and O–H groups in total. The maximum Gasteiger partial charge on any atom is 0.179 e. The van der Waals surface area contributed by atoms with Gasteiger partial charge in [0.05, 0.1) is 0 Å². The monoisotopic (exact) mass is 638 g/mol. The van der Waals surface area contributed by atoms with Gasteiger partial charge in [-0.2, -0.15) is 0 Å². The van der Waals surface area contributed by atoms with Gasteiger partial charge in [0.2, 0.25) is 0 Å². The van der Waals surface area contributed by atoms with Crippen molar-refractivity contribution in [2.75, 3.05) is 0 Å². The van der Waals surface area contributed by atoms with Crippen molar-refractivity contribution in [1.29, 1.82) is 0 Å². The first-order valence-electron chi connectivity index (χ1n) is 16.9. The van der Waals surface area contributed by atoms with Gasteiger partial charge in [-0.25, -0.2) is 0 Å². The van der Waals surface area contributed by atoms with Crippen LogP contribution in [0.15, 0.2) is 180 Å². The fraction of sp³-hybridized carbons (Fsp3) is 0. The summed E-state index contributed by atoms with van der Waals surface area (Å²) in [5.41, 5.74) is 9.67. The maximum absolute atomic E-state index is 6.56. The maximum atomic E-state index is 6.56. The predicted octanol–water partition coefficient (Wildman–Crippen LogP) is 13.9. The number of rotatable bonds is 5. The SMILES string of the molecule is C=C(/C=C\C(=C)c1c2ccccc2c(-c2ccccc2)c2ccccc12)c1ccc2oc3c4oc5ccccc5c4c4ccccc4c3c2c1. The molecule has 0 saturated carbocycles. The van der Waals surface area contributed by atoms with E-state index in [2.05, 4.69) is 153 Å². The summed E-state index contributed by atoms with van der Waals surface area (Å²) in [7, 11) is 0. The highest BCUT2D eigenvalue weighted by Gasteiger charge is 2.21. The van der Waals surface area contributed by atoms with Crippen LogP contribution in [-0.2, 0) is 0 Å². The van der Waals surface area contributed by atoms with Gasteiger partial charge < -0.3 is 8.83 Å². The molecule has 50 heavy (non-hydrogen) atoms. The van der Waals surface area contributed by atoms with E-state index in [1.54, 1.807) is 0 Å². The van der Waals surface area contributed by atoms with Gasteiger partial charge in [-0.3, -0.25) is 0 Å². The molecular formula is C48H30O2. The molecule has 0 bridgehead atoms. The van der Waals surface area contributed by atoms with Gasteiger partial charge >= 0.3 is 0 Å². The molecule has 234 valence electrons. The third-order valence-electron chi connectivity index (χ3n) is 10.1. The van der Waals surface area contributed by atoms with Crippen LogP contribution in [-0.4, -0.2) is 0 Å². The van der Waals surface area contributed by atoms with Crippen molar-refractivity contribution in [3.05, 3.63) is 182 Å². The lowest BCUT2D eigenvalue weighted by molar-refractivity contribution is 0.633. The molecule has 2 heterocycles. The summed E-state index contributed by atoms with van der Waals surface area (Å²) in [6, 6.07) is 51.0. The topological polar surface area (TPSA) is 26.3 Å². The standard InChI is InChI=1S/C48H30O2/c1-29(24-25-30(2)43-33-16-6-8-18-35(33)44(31-14-4-3-5-15-31)36-19-9-7-17-34(36)43)32-26-27-42-40(28-32)46-38-21-11-10-20-37(38)45-39-22-12-13-23-41(39)49-47(45)48(46)50-42/h3-28H,1-2H2/b25-24-. The van der Waals surface area contributed by atoms with Gasteiger partial charge in [-0.1, -0.05) is 153 Å². The Labute approximate surface area is 288 Å². The Morgan fingerprint density at radius 2 is 0.900 bits per heavy atom. The molecular weight excluding hydrogens is 609 g/mol. The van der Waals surface area contributed by atoms with E-state index in [-0.39, 0.29) is 0 Å². The van der Waals surface area contributed by atoms with Crippen molar-refractivity contribution in [3.63, 3.8) is 0 Å². The summed E-state index contributed by atoms with van der Waals surface area (Å²) in [6.45, 7) is 9.11. The number of benzene rings is 8. The summed E-state index contributed by atoms with van der Waals surface area (Å²) >= 11 is 0. The van der Waals surface area contributed by atoms with Gasteiger partial charge in [0.15, 0.2) is 11.2 Å². The zero-order valence-corrected chi connectivity index (χ0v) is 27.2. The second kappa shape index (κ2) is 10.9. The van der Waals surface area contributed by atoms with Crippen LogP contribution in [0.25, 0.3) is 98.5 Å². The molecule has 0 amide bonds. The lowest BCUT2D eigenvalue weighted by atomic mass is 9.86. The van der Waals surface area contributed by atoms with E-state index in [1.165, 1.54) is 32.7 Å². The van der Waals surface area contributed by atoms with Crippen molar-refractivity contribution < 1.29 is 8.83 Å². The van der Waals surface area contributed by atoms with Gasteiger partial charge in [-0.15, -0.1) is 0 Å². The first-order chi connectivity index (χ1) is 24.7. The largest absolute Gasteiger partial charge is 0.452 e. The van der Waals surface area contributed by atoms with E-state index in [0.29, 0.717) is 0 Å². The van der Waals surface area contributed by atoms with Gasteiger partial charge in [-0.05, 0) is 83.9 Å². The van der Waals surface area contributed by atoms with E-state index in [9.17, 15) is 0 Å². The molecule has 2 heteroatoms. The average molecular weight is 639 g/mol. The number of furan rings is 2. The minimum atomic E-state index is 0.772. The zero-order valence-electron chi connectivity index (χ0n) is 27.2. The second-order valence-electron chi connectivity index (χ2n) is 13.0. The first kappa shape index (κ1) is 28.4. The van der Waals surface area contributed by atoms with E-state index in [0.717, 1.165) is 76.9 Å². The molecule has 0 unspecified atom stereocenters. The fourth-order valence-corrected chi connectivity index (χ4v) is 7.89. The van der Waals surface area contributed by atoms with Gasteiger partial charge in [0.25, 0.3) is 0 Å². The van der Waals surface area contributed by atoms with Crippen LogP contribution in [0.3, 0.4) is 0 Å². The molecule has 0 aliphatic rings. The summed E-state index contributed by atoms with van der Waals surface area (Å²) in [5.74, 6) is 0. The fourth-order valence-electron chi connectivity index (χ4n) is 7.89. The Hall–Kier alpha value is -6.64. The lowest BCUT2D eigenvalue weighted by Gasteiger charge is -2.17. The Morgan fingerprint density at radius 1 is 0.420 bits per heavy atom. The van der Waals surface area contributed by atoms with Crippen molar-refractivity contribution in [3.8, 4) is 11.1 Å². The van der Waals surface area contributed by atoms with Crippen LogP contribution in [0.4, 0.5) is 0 Å². The van der Waals surface area contributed by atoms with Crippen molar-refractivity contribution in [2.24, 2.45) is 0 Å². The molecule has 0 atom stereocenters. The molecule has 0 saturated heterocycles. The van der Waals surface area contributed by atoms with Crippen LogP contribution >= 0.6 is 0 Å². The highest BCUT2D eigenvalue weighted by molar-refractivity contribution is 6.33. The molecule has 2 aromatic heterocycles. The number of fused-ring (bicyclic) bond motifs is 12. The first-order valence-corrected chi connectivity index (χ1v) is 16.9. The molecule has 0 spiro atoms. The molecule has 0 radical (unpaired) electrons. The Morgan fingerprint density at radius 3 is 1.54 bits per heavy atom. The van der Waals surface area contributed by atoms with E-state index in [4.69, 9.17) is 8.83 Å². The summed E-state index contributed by atoms with van der Waals surface area (Å²) in [6.07, 6.45) is 4.18. The molecule has 10 aromatic rings. The minimum absolute atomic E-state index is 0.772. The van der Waals surface area contributed by atoms with E-state index >= 15 is 0 Å². The Kier molecular flexibility index (Phi) is 6.21. The zero-order chi connectivity index (χ0) is 33.3. The Bertz CT molecular complexity index is 3000. The Balaban J connectivity index is 1.10. The van der Waals surface area contributed by atoms with E-state index < -0.39 is 0 Å². The third kappa shape index (κ3) is 4.15. The van der Waals surface area contributed by atoms with Crippen molar-refractivity contribution >= 4 is 87.3 Å². The predicted molar refractivity (Wildman–Crippen MR) is 213 cm³/mol. The normalized spacial score (nSPS) is 12.1. The van der Waals surface area contributed by atoms with Crippen LogP contribution in [0.1, 0.15) is 11.1 Å². The number of para-hydroxylation sites is 1. The molecule has 10 rings (SSSR count). The number of hydrogen-bond donors (Lipinski definition) is 0. The molecule has 0 fully saturated rings. The van der Waals surface area contributed by atoms with Crippen LogP contribution < -0.4 is 0 Å². The molecule has 8 aromatic carbocycles. The number of hydrogen-bond acceptors (Lipinski definition) is 2. The van der Waals surface area contributed by atoms with Crippen molar-refractivity contribution in [1.82, 2.24) is 0 Å². The smallest absolute Gasteiger partial charge is 0.179 e. The van der Waals surface area contributed by atoms with Crippen LogP contribution in [0.5, 0.6) is 0 Å². The summed E-state index contributed by atoms with van der Waals surface area (Å²) in [4.78, 5) is 0. The van der Waals surface area contributed by atoms with Crippen LogP contribution in [0, 0.1) is 0 Å². The highest BCUT2D eigenvalue weighted by atomic mass is 16.4. The number of allylic oxidation sites excluding steroid dienone is 4. The van der Waals surface area contributed by atoms with Gasteiger partial charge in [0, 0.05) is 21.5 Å². The quantitative estimate of drug-likeness (QED) is 0.138. The van der Waals surface area contributed by atoms with E-state index in [1.807, 2.05) is 18.2 Å². The minimum Gasteiger partial charge on any atom is -0.452 e. The molecule has 0 aliphatic heterocycles. The average Bonchev–Trinajstić information content (AvgIpc) is 3.75.